The number of carbonyl (C=O) groups excluding carboxylic acids is 1. The first-order valence-electron chi connectivity index (χ1n) is 8.41. The van der Waals surface area contributed by atoms with Gasteiger partial charge in [-0.05, 0) is 29.5 Å². The lowest BCUT2D eigenvalue weighted by molar-refractivity contribution is -0.131. The molecule has 0 fully saturated rings. The van der Waals surface area contributed by atoms with Crippen molar-refractivity contribution in [3.05, 3.63) is 29.8 Å². The number of amides is 1. The van der Waals surface area contributed by atoms with Gasteiger partial charge in [0.2, 0.25) is 5.91 Å². The van der Waals surface area contributed by atoms with E-state index in [0.717, 1.165) is 24.4 Å². The monoisotopic (exact) mass is 320 g/mol. The molecule has 4 nitrogen and oxygen atoms in total. The topological polar surface area (TPSA) is 32.8 Å². The van der Waals surface area contributed by atoms with E-state index in [2.05, 4.69) is 32.6 Å². The van der Waals surface area contributed by atoms with Gasteiger partial charge in [-0.15, -0.1) is 0 Å². The van der Waals surface area contributed by atoms with E-state index >= 15 is 0 Å². The molecule has 0 aliphatic rings. The predicted molar refractivity (Wildman–Crippen MR) is 95.6 cm³/mol. The van der Waals surface area contributed by atoms with Crippen molar-refractivity contribution in [3.8, 4) is 5.75 Å². The molecule has 130 valence electrons. The standard InChI is InChI=1S/C19H32N2O2/c1-15(2)11-21(12-16(3)4)14-19(22)20(5)13-17-8-7-9-18(10-17)23-6/h7-10,15-16H,11-14H2,1-6H3. The van der Waals surface area contributed by atoms with Crippen molar-refractivity contribution < 1.29 is 9.53 Å². The number of likely N-dealkylation sites (N-methyl/N-ethyl adjacent to an activating group) is 1. The van der Waals surface area contributed by atoms with Gasteiger partial charge >= 0.3 is 0 Å². The second kappa shape index (κ2) is 9.56. The Bertz CT molecular complexity index is 476. The van der Waals surface area contributed by atoms with Crippen LogP contribution in [0.3, 0.4) is 0 Å². The molecule has 1 aromatic carbocycles. The molecule has 1 amide bonds. The zero-order chi connectivity index (χ0) is 17.4. The molecule has 0 unspecified atom stereocenters. The van der Waals surface area contributed by atoms with Crippen molar-refractivity contribution in [2.45, 2.75) is 34.2 Å². The second-order valence-electron chi connectivity index (χ2n) is 7.08. The summed E-state index contributed by atoms with van der Waals surface area (Å²) < 4.78 is 5.24. The summed E-state index contributed by atoms with van der Waals surface area (Å²) in [7, 11) is 3.52. The minimum atomic E-state index is 0.161. The maximum atomic E-state index is 12.5. The van der Waals surface area contributed by atoms with Gasteiger partial charge in [-0.25, -0.2) is 0 Å². The van der Waals surface area contributed by atoms with Crippen LogP contribution in [0.4, 0.5) is 0 Å². The number of carbonyl (C=O) groups is 1. The average Bonchev–Trinajstić information content (AvgIpc) is 2.45. The predicted octanol–water partition coefficient (Wildman–Crippen LogP) is 3.27. The quantitative estimate of drug-likeness (QED) is 0.700. The van der Waals surface area contributed by atoms with E-state index in [9.17, 15) is 4.79 Å². The molecule has 0 heterocycles. The third-order valence-corrected chi connectivity index (χ3v) is 3.59. The first kappa shape index (κ1) is 19.5. The van der Waals surface area contributed by atoms with Crippen LogP contribution in [0.2, 0.25) is 0 Å². The molecule has 0 aromatic heterocycles. The molecular weight excluding hydrogens is 288 g/mol. The Balaban J connectivity index is 2.62. The Morgan fingerprint density at radius 3 is 2.26 bits per heavy atom. The molecule has 0 saturated carbocycles. The Morgan fingerprint density at radius 1 is 1.13 bits per heavy atom. The second-order valence-corrected chi connectivity index (χ2v) is 7.08. The molecule has 4 heteroatoms. The van der Waals surface area contributed by atoms with E-state index < -0.39 is 0 Å². The van der Waals surface area contributed by atoms with Crippen molar-refractivity contribution in [1.82, 2.24) is 9.80 Å². The van der Waals surface area contributed by atoms with Crippen LogP contribution in [-0.4, -0.2) is 49.5 Å². The summed E-state index contributed by atoms with van der Waals surface area (Å²) in [4.78, 5) is 16.6. The van der Waals surface area contributed by atoms with Gasteiger partial charge in [-0.3, -0.25) is 9.69 Å². The van der Waals surface area contributed by atoms with Crippen LogP contribution in [-0.2, 0) is 11.3 Å². The van der Waals surface area contributed by atoms with Crippen LogP contribution < -0.4 is 4.74 Å². The smallest absolute Gasteiger partial charge is 0.236 e. The fourth-order valence-electron chi connectivity index (χ4n) is 2.68. The molecule has 0 aliphatic carbocycles. The van der Waals surface area contributed by atoms with Crippen molar-refractivity contribution in [1.29, 1.82) is 0 Å². The highest BCUT2D eigenvalue weighted by Gasteiger charge is 2.17. The zero-order valence-electron chi connectivity index (χ0n) is 15.5. The molecule has 0 spiro atoms. The van der Waals surface area contributed by atoms with Crippen LogP contribution in [0.25, 0.3) is 0 Å². The molecule has 0 saturated heterocycles. The van der Waals surface area contributed by atoms with Gasteiger partial charge in [0.25, 0.3) is 0 Å². The maximum absolute atomic E-state index is 12.5. The van der Waals surface area contributed by atoms with E-state index in [4.69, 9.17) is 4.74 Å². The van der Waals surface area contributed by atoms with Crippen LogP contribution in [0, 0.1) is 11.8 Å². The van der Waals surface area contributed by atoms with Crippen molar-refractivity contribution in [2.75, 3.05) is 33.8 Å². The SMILES string of the molecule is COc1cccc(CN(C)C(=O)CN(CC(C)C)CC(C)C)c1. The number of benzene rings is 1. The van der Waals surface area contributed by atoms with Crippen LogP contribution in [0.5, 0.6) is 5.75 Å². The molecular formula is C19H32N2O2. The molecule has 0 atom stereocenters. The van der Waals surface area contributed by atoms with E-state index in [1.807, 2.05) is 31.3 Å². The van der Waals surface area contributed by atoms with E-state index in [0.29, 0.717) is 24.9 Å². The highest BCUT2D eigenvalue weighted by atomic mass is 16.5. The first-order chi connectivity index (χ1) is 10.8. The molecule has 0 radical (unpaired) electrons. The van der Waals surface area contributed by atoms with Crippen LogP contribution in [0.1, 0.15) is 33.3 Å². The number of nitrogens with zero attached hydrogens (tertiary/aromatic N) is 2. The summed E-state index contributed by atoms with van der Waals surface area (Å²) in [6, 6.07) is 7.87. The lowest BCUT2D eigenvalue weighted by atomic mass is 10.1. The summed E-state index contributed by atoms with van der Waals surface area (Å²) in [6.45, 7) is 11.8. The summed E-state index contributed by atoms with van der Waals surface area (Å²) in [5, 5.41) is 0. The number of rotatable bonds is 9. The summed E-state index contributed by atoms with van der Waals surface area (Å²) >= 11 is 0. The molecule has 0 bridgehead atoms. The highest BCUT2D eigenvalue weighted by molar-refractivity contribution is 5.78. The van der Waals surface area contributed by atoms with Crippen LogP contribution in [0.15, 0.2) is 24.3 Å². The van der Waals surface area contributed by atoms with E-state index in [1.54, 1.807) is 12.0 Å². The van der Waals surface area contributed by atoms with Gasteiger partial charge in [0, 0.05) is 26.7 Å². The maximum Gasteiger partial charge on any atom is 0.236 e. The van der Waals surface area contributed by atoms with Crippen molar-refractivity contribution in [2.24, 2.45) is 11.8 Å². The van der Waals surface area contributed by atoms with Gasteiger partial charge in [0.15, 0.2) is 0 Å². The van der Waals surface area contributed by atoms with Gasteiger partial charge in [0.1, 0.15) is 5.75 Å². The van der Waals surface area contributed by atoms with Crippen molar-refractivity contribution in [3.63, 3.8) is 0 Å². The van der Waals surface area contributed by atoms with Gasteiger partial charge < -0.3 is 9.64 Å². The summed E-state index contributed by atoms with van der Waals surface area (Å²) in [5.41, 5.74) is 1.08. The average molecular weight is 320 g/mol. The lowest BCUT2D eigenvalue weighted by Gasteiger charge is -2.28. The third kappa shape index (κ3) is 7.51. The molecule has 0 N–H and O–H groups in total. The first-order valence-corrected chi connectivity index (χ1v) is 8.41. The molecule has 1 rings (SSSR count). The van der Waals surface area contributed by atoms with Crippen molar-refractivity contribution >= 4 is 5.91 Å². The minimum absolute atomic E-state index is 0.161. The van der Waals surface area contributed by atoms with Gasteiger partial charge in [0.05, 0.1) is 13.7 Å². The lowest BCUT2D eigenvalue weighted by Crippen LogP contribution is -2.41. The Kier molecular flexibility index (Phi) is 8.10. The zero-order valence-corrected chi connectivity index (χ0v) is 15.5. The van der Waals surface area contributed by atoms with Gasteiger partial charge in [-0.2, -0.15) is 0 Å². The van der Waals surface area contributed by atoms with E-state index in [-0.39, 0.29) is 5.91 Å². The van der Waals surface area contributed by atoms with E-state index in [1.165, 1.54) is 0 Å². The normalized spacial score (nSPS) is 11.3. The number of methoxy groups -OCH3 is 1. The van der Waals surface area contributed by atoms with Crippen LogP contribution >= 0.6 is 0 Å². The minimum Gasteiger partial charge on any atom is -0.497 e. The molecule has 0 aliphatic heterocycles. The largest absolute Gasteiger partial charge is 0.497 e. The fraction of sp³-hybridized carbons (Fsp3) is 0.632. The number of ether oxygens (including phenoxy) is 1. The number of hydrogen-bond acceptors (Lipinski definition) is 3. The Labute approximate surface area is 141 Å². The summed E-state index contributed by atoms with van der Waals surface area (Å²) in [6.07, 6.45) is 0. The molecule has 1 aromatic rings. The third-order valence-electron chi connectivity index (χ3n) is 3.59. The molecule has 23 heavy (non-hydrogen) atoms. The summed E-state index contributed by atoms with van der Waals surface area (Å²) in [5.74, 6) is 2.11. The Hall–Kier alpha value is -1.55. The van der Waals surface area contributed by atoms with Gasteiger partial charge in [-0.1, -0.05) is 39.8 Å². The highest BCUT2D eigenvalue weighted by Crippen LogP contribution is 2.14. The Morgan fingerprint density at radius 2 is 1.74 bits per heavy atom. The fourth-order valence-corrected chi connectivity index (χ4v) is 2.68. The number of hydrogen-bond donors (Lipinski definition) is 0.